The summed E-state index contributed by atoms with van der Waals surface area (Å²) < 4.78 is 35.4. The molecular formula is C37H42ClN3O5S. The van der Waals surface area contributed by atoms with Crippen molar-refractivity contribution in [1.29, 1.82) is 0 Å². The Balaban J connectivity index is 1.84. The Morgan fingerprint density at radius 1 is 0.851 bits per heavy atom. The van der Waals surface area contributed by atoms with E-state index in [1.807, 2.05) is 64.1 Å². The van der Waals surface area contributed by atoms with Crippen LogP contribution >= 0.6 is 11.6 Å². The summed E-state index contributed by atoms with van der Waals surface area (Å²) in [7, 11) is -2.81. The van der Waals surface area contributed by atoms with Gasteiger partial charge >= 0.3 is 0 Å². The Labute approximate surface area is 283 Å². The molecule has 0 radical (unpaired) electrons. The lowest BCUT2D eigenvalue weighted by molar-refractivity contribution is -0.140. The van der Waals surface area contributed by atoms with E-state index in [0.29, 0.717) is 17.3 Å². The van der Waals surface area contributed by atoms with Crippen molar-refractivity contribution in [2.75, 3.05) is 24.5 Å². The summed E-state index contributed by atoms with van der Waals surface area (Å²) in [6, 6.07) is 27.2. The summed E-state index contributed by atoms with van der Waals surface area (Å²) >= 11 is 6.17. The van der Waals surface area contributed by atoms with Crippen LogP contribution in [0.4, 0.5) is 5.69 Å². The number of nitrogens with zero attached hydrogens (tertiary/aromatic N) is 2. The zero-order valence-corrected chi connectivity index (χ0v) is 29.0. The molecule has 4 aromatic rings. The van der Waals surface area contributed by atoms with Gasteiger partial charge in [-0.05, 0) is 72.9 Å². The van der Waals surface area contributed by atoms with Crippen LogP contribution in [0.3, 0.4) is 0 Å². The molecule has 0 bridgehead atoms. The van der Waals surface area contributed by atoms with E-state index in [-0.39, 0.29) is 35.4 Å². The maximum absolute atomic E-state index is 14.7. The third-order valence-corrected chi connectivity index (χ3v) is 9.74. The number of aryl methyl sites for hydroxylation is 2. The Kier molecular flexibility index (Phi) is 12.1. The molecule has 0 aliphatic carbocycles. The number of rotatable bonds is 14. The fourth-order valence-electron chi connectivity index (χ4n) is 5.11. The highest BCUT2D eigenvalue weighted by molar-refractivity contribution is 7.92. The molecule has 2 amide bonds. The molecule has 1 N–H and O–H groups in total. The lowest BCUT2D eigenvalue weighted by Crippen LogP contribution is -2.53. The zero-order valence-electron chi connectivity index (χ0n) is 27.4. The van der Waals surface area contributed by atoms with Gasteiger partial charge in [0.25, 0.3) is 10.0 Å². The maximum Gasteiger partial charge on any atom is 0.264 e. The van der Waals surface area contributed by atoms with E-state index < -0.39 is 28.5 Å². The molecule has 4 aromatic carbocycles. The molecule has 4 rings (SSSR count). The Morgan fingerprint density at radius 3 is 2.11 bits per heavy atom. The van der Waals surface area contributed by atoms with Gasteiger partial charge in [-0.2, -0.15) is 0 Å². The van der Waals surface area contributed by atoms with Crippen LogP contribution in [0.25, 0.3) is 0 Å². The van der Waals surface area contributed by atoms with E-state index in [9.17, 15) is 18.0 Å². The van der Waals surface area contributed by atoms with Gasteiger partial charge in [0, 0.05) is 24.5 Å². The summed E-state index contributed by atoms with van der Waals surface area (Å²) in [4.78, 5) is 30.1. The molecule has 0 fully saturated rings. The quantitative estimate of drug-likeness (QED) is 0.163. The van der Waals surface area contributed by atoms with Crippen molar-refractivity contribution in [2.24, 2.45) is 5.92 Å². The van der Waals surface area contributed by atoms with Crippen molar-refractivity contribution in [1.82, 2.24) is 10.2 Å². The van der Waals surface area contributed by atoms with Crippen molar-refractivity contribution in [2.45, 2.75) is 51.6 Å². The number of hydrogen-bond acceptors (Lipinski definition) is 5. The second-order valence-corrected chi connectivity index (χ2v) is 14.3. The van der Waals surface area contributed by atoms with Crippen LogP contribution in [0.15, 0.2) is 102 Å². The molecule has 8 nitrogen and oxygen atoms in total. The number of methoxy groups -OCH3 is 1. The normalized spacial score (nSPS) is 12.0. The van der Waals surface area contributed by atoms with Crippen molar-refractivity contribution < 1.29 is 22.7 Å². The maximum atomic E-state index is 14.7. The third-order valence-electron chi connectivity index (χ3n) is 7.71. The van der Waals surface area contributed by atoms with Crippen LogP contribution in [0.1, 0.15) is 36.1 Å². The Bertz CT molecular complexity index is 1760. The average Bonchev–Trinajstić information content (AvgIpc) is 3.05. The van der Waals surface area contributed by atoms with Crippen LogP contribution in [0, 0.1) is 19.8 Å². The van der Waals surface area contributed by atoms with Crippen molar-refractivity contribution in [3.63, 3.8) is 0 Å². The van der Waals surface area contributed by atoms with Gasteiger partial charge in [-0.25, -0.2) is 8.42 Å². The first-order valence-corrected chi connectivity index (χ1v) is 17.3. The number of amides is 2. The van der Waals surface area contributed by atoms with Gasteiger partial charge in [0.2, 0.25) is 11.8 Å². The van der Waals surface area contributed by atoms with Crippen LogP contribution in [-0.2, 0) is 32.6 Å². The standard InChI is InChI=1S/C37H42ClN3O5S/c1-26(2)23-39-37(43)34(22-29-9-7-6-8-10-29)40(24-30-14-16-31(38)17-15-30)36(42)25-41(33-21-28(4)13-20-35(33)46-5)47(44,45)32-18-11-27(3)12-19-32/h6-21,26,34H,22-25H2,1-5H3,(H,39,43). The monoisotopic (exact) mass is 675 g/mol. The minimum atomic E-state index is -4.27. The predicted molar refractivity (Wildman–Crippen MR) is 187 cm³/mol. The largest absolute Gasteiger partial charge is 0.495 e. The number of carbonyl (C=O) groups excluding carboxylic acids is 2. The lowest BCUT2D eigenvalue weighted by Gasteiger charge is -2.34. The first kappa shape index (κ1) is 35.5. The van der Waals surface area contributed by atoms with Gasteiger partial charge in [-0.1, -0.05) is 91.7 Å². The molecule has 1 atom stereocenters. The lowest BCUT2D eigenvalue weighted by atomic mass is 10.0. The molecule has 1 unspecified atom stereocenters. The van der Waals surface area contributed by atoms with Crippen molar-refractivity contribution >= 4 is 39.1 Å². The van der Waals surface area contributed by atoms with E-state index in [1.165, 1.54) is 24.1 Å². The molecule has 0 spiro atoms. The molecular weight excluding hydrogens is 634 g/mol. The summed E-state index contributed by atoms with van der Waals surface area (Å²) in [5.74, 6) is -0.412. The van der Waals surface area contributed by atoms with E-state index in [0.717, 1.165) is 26.6 Å². The Morgan fingerprint density at radius 2 is 1.49 bits per heavy atom. The van der Waals surface area contributed by atoms with Gasteiger partial charge < -0.3 is 15.0 Å². The molecule has 248 valence electrons. The summed E-state index contributed by atoms with van der Waals surface area (Å²) in [6.45, 7) is 7.58. The fraction of sp³-hybridized carbons (Fsp3) is 0.297. The number of nitrogens with one attached hydrogen (secondary N) is 1. The fourth-order valence-corrected chi connectivity index (χ4v) is 6.65. The number of sulfonamides is 1. The number of ether oxygens (including phenoxy) is 1. The highest BCUT2D eigenvalue weighted by Gasteiger charge is 2.35. The SMILES string of the molecule is COc1ccc(C)cc1N(CC(=O)N(Cc1ccc(Cl)cc1)C(Cc1ccccc1)C(=O)NCC(C)C)S(=O)(=O)c1ccc(C)cc1. The van der Waals surface area contributed by atoms with Crippen LogP contribution < -0.4 is 14.4 Å². The number of hydrogen-bond donors (Lipinski definition) is 1. The smallest absolute Gasteiger partial charge is 0.264 e. The number of carbonyl (C=O) groups is 2. The molecule has 0 saturated heterocycles. The second-order valence-electron chi connectivity index (χ2n) is 12.0. The number of anilines is 1. The minimum Gasteiger partial charge on any atom is -0.495 e. The van der Waals surface area contributed by atoms with E-state index in [1.54, 1.807) is 48.5 Å². The van der Waals surface area contributed by atoms with Crippen LogP contribution in [-0.4, -0.2) is 51.4 Å². The zero-order chi connectivity index (χ0) is 34.1. The molecule has 0 heterocycles. The minimum absolute atomic E-state index is 0.0271. The topological polar surface area (TPSA) is 96.0 Å². The highest BCUT2D eigenvalue weighted by Crippen LogP contribution is 2.34. The van der Waals surface area contributed by atoms with E-state index in [2.05, 4.69) is 5.32 Å². The molecule has 0 aliphatic rings. The highest BCUT2D eigenvalue weighted by atomic mass is 35.5. The molecule has 0 aliphatic heterocycles. The second kappa shape index (κ2) is 16.0. The number of benzene rings is 4. The molecule has 10 heteroatoms. The summed E-state index contributed by atoms with van der Waals surface area (Å²) in [5, 5.41) is 3.53. The summed E-state index contributed by atoms with van der Waals surface area (Å²) in [6.07, 6.45) is 0.225. The van der Waals surface area contributed by atoms with Crippen molar-refractivity contribution in [3.8, 4) is 5.75 Å². The van der Waals surface area contributed by atoms with Crippen LogP contribution in [0.2, 0.25) is 5.02 Å². The van der Waals surface area contributed by atoms with Gasteiger partial charge in [-0.3, -0.25) is 13.9 Å². The van der Waals surface area contributed by atoms with E-state index in [4.69, 9.17) is 16.3 Å². The third kappa shape index (κ3) is 9.36. The van der Waals surface area contributed by atoms with Gasteiger partial charge in [-0.15, -0.1) is 0 Å². The average molecular weight is 676 g/mol. The predicted octanol–water partition coefficient (Wildman–Crippen LogP) is 6.57. The molecule has 0 aromatic heterocycles. The number of halogens is 1. The molecule has 0 saturated carbocycles. The molecule has 47 heavy (non-hydrogen) atoms. The first-order valence-electron chi connectivity index (χ1n) is 15.5. The summed E-state index contributed by atoms with van der Waals surface area (Å²) in [5.41, 5.74) is 3.49. The van der Waals surface area contributed by atoms with Gasteiger partial charge in [0.15, 0.2) is 0 Å². The van der Waals surface area contributed by atoms with Gasteiger partial charge in [0.05, 0.1) is 17.7 Å². The van der Waals surface area contributed by atoms with Gasteiger partial charge in [0.1, 0.15) is 18.3 Å². The van der Waals surface area contributed by atoms with Crippen LogP contribution in [0.5, 0.6) is 5.75 Å². The van der Waals surface area contributed by atoms with Crippen molar-refractivity contribution in [3.05, 3.63) is 124 Å². The Hall–Kier alpha value is -4.34. The first-order chi connectivity index (χ1) is 22.4. The van der Waals surface area contributed by atoms with E-state index >= 15 is 0 Å².